The fourth-order valence-corrected chi connectivity index (χ4v) is 4.71. The lowest BCUT2D eigenvalue weighted by Gasteiger charge is -2.47. The number of piperidine rings is 2. The smallest absolute Gasteiger partial charge is 0.236 e. The van der Waals surface area contributed by atoms with Gasteiger partial charge in [-0.15, -0.1) is 0 Å². The second-order valence-corrected chi connectivity index (χ2v) is 8.12. The number of hydrogen-bond acceptors (Lipinski definition) is 4. The van der Waals surface area contributed by atoms with Crippen molar-refractivity contribution in [1.29, 1.82) is 0 Å². The van der Waals surface area contributed by atoms with E-state index in [9.17, 15) is 14.0 Å². The zero-order valence-electron chi connectivity index (χ0n) is 16.2. The lowest BCUT2D eigenvalue weighted by Crippen LogP contribution is -2.58. The monoisotopic (exact) mass is 389 g/mol. The highest BCUT2D eigenvalue weighted by Crippen LogP contribution is 2.41. The van der Waals surface area contributed by atoms with Gasteiger partial charge in [-0.2, -0.15) is 0 Å². The number of likely N-dealkylation sites (tertiary alicyclic amines) is 1. The fraction of sp³-hybridized carbons (Fsp3) is 0.619. The largest absolute Gasteiger partial charge is 0.379 e. The zero-order chi connectivity index (χ0) is 19.6. The highest BCUT2D eigenvalue weighted by atomic mass is 19.1. The molecular weight excluding hydrogens is 361 g/mol. The molecule has 28 heavy (non-hydrogen) atoms. The molecule has 1 spiro atoms. The number of hydrogen-bond donors (Lipinski definition) is 0. The van der Waals surface area contributed by atoms with Crippen molar-refractivity contribution in [1.82, 2.24) is 9.80 Å². The van der Waals surface area contributed by atoms with E-state index in [-0.39, 0.29) is 17.6 Å². The first kappa shape index (κ1) is 19.3. The average Bonchev–Trinajstić information content (AvgIpc) is 2.72. The minimum atomic E-state index is -0.508. The number of rotatable bonds is 3. The minimum absolute atomic E-state index is 0.0780. The first-order valence-electron chi connectivity index (χ1n) is 10.2. The summed E-state index contributed by atoms with van der Waals surface area (Å²) in [4.78, 5) is 32.1. The van der Waals surface area contributed by atoms with Gasteiger partial charge >= 0.3 is 0 Å². The van der Waals surface area contributed by atoms with E-state index < -0.39 is 5.41 Å². The first-order valence-corrected chi connectivity index (χ1v) is 10.2. The van der Waals surface area contributed by atoms with Crippen LogP contribution in [0.4, 0.5) is 10.1 Å². The summed E-state index contributed by atoms with van der Waals surface area (Å²) in [6.07, 6.45) is 3.36. The maximum atomic E-state index is 13.4. The van der Waals surface area contributed by atoms with E-state index in [2.05, 4.69) is 4.90 Å². The predicted octanol–water partition coefficient (Wildman–Crippen LogP) is 1.89. The van der Waals surface area contributed by atoms with Crippen molar-refractivity contribution in [3.63, 3.8) is 0 Å². The van der Waals surface area contributed by atoms with Crippen LogP contribution in [-0.4, -0.2) is 74.1 Å². The molecule has 1 unspecified atom stereocenters. The molecule has 3 heterocycles. The Balaban J connectivity index is 1.46. The van der Waals surface area contributed by atoms with Crippen LogP contribution in [0.25, 0.3) is 0 Å². The molecule has 0 N–H and O–H groups in total. The molecule has 0 bridgehead atoms. The van der Waals surface area contributed by atoms with Gasteiger partial charge in [0.15, 0.2) is 0 Å². The summed E-state index contributed by atoms with van der Waals surface area (Å²) in [7, 11) is 0. The van der Waals surface area contributed by atoms with Crippen LogP contribution in [0, 0.1) is 11.2 Å². The number of halogens is 1. The minimum Gasteiger partial charge on any atom is -0.379 e. The number of nitrogens with zero attached hydrogens (tertiary/aromatic N) is 3. The molecule has 3 fully saturated rings. The number of anilines is 1. The van der Waals surface area contributed by atoms with Gasteiger partial charge in [0, 0.05) is 38.4 Å². The van der Waals surface area contributed by atoms with E-state index in [1.54, 1.807) is 17.0 Å². The predicted molar refractivity (Wildman–Crippen MR) is 103 cm³/mol. The van der Waals surface area contributed by atoms with Crippen molar-refractivity contribution in [3.05, 3.63) is 30.1 Å². The lowest BCUT2D eigenvalue weighted by molar-refractivity contribution is -0.143. The van der Waals surface area contributed by atoms with Gasteiger partial charge in [0.25, 0.3) is 0 Å². The standard InChI is InChI=1S/C21H28FN3O3/c22-17-3-5-18(6-4-17)25-10-2-8-21(20(25)27)7-1-9-24(16-21)19(26)15-23-11-13-28-14-12-23/h3-6H,1-2,7-16H2. The Labute approximate surface area is 165 Å². The normalized spacial score (nSPS) is 26.7. The van der Waals surface area contributed by atoms with Gasteiger partial charge < -0.3 is 14.5 Å². The summed E-state index contributed by atoms with van der Waals surface area (Å²) in [5, 5.41) is 0. The Kier molecular flexibility index (Phi) is 5.64. The topological polar surface area (TPSA) is 53.1 Å². The molecule has 3 aliphatic rings. The van der Waals surface area contributed by atoms with Crippen LogP contribution in [0.2, 0.25) is 0 Å². The molecule has 6 nitrogen and oxygen atoms in total. The van der Waals surface area contributed by atoms with E-state index in [1.165, 1.54) is 12.1 Å². The van der Waals surface area contributed by atoms with Gasteiger partial charge in [0.2, 0.25) is 11.8 Å². The van der Waals surface area contributed by atoms with Crippen molar-refractivity contribution in [2.24, 2.45) is 5.41 Å². The van der Waals surface area contributed by atoms with Crippen LogP contribution in [0.5, 0.6) is 0 Å². The highest BCUT2D eigenvalue weighted by molar-refractivity contribution is 5.99. The maximum Gasteiger partial charge on any atom is 0.236 e. The molecule has 3 saturated heterocycles. The summed E-state index contributed by atoms with van der Waals surface area (Å²) in [5.74, 6) is -0.123. The highest BCUT2D eigenvalue weighted by Gasteiger charge is 2.47. The molecule has 152 valence electrons. The molecule has 0 aliphatic carbocycles. The van der Waals surface area contributed by atoms with Crippen LogP contribution >= 0.6 is 0 Å². The molecule has 1 aromatic carbocycles. The van der Waals surface area contributed by atoms with Crippen molar-refractivity contribution < 1.29 is 18.7 Å². The second-order valence-electron chi connectivity index (χ2n) is 8.12. The van der Waals surface area contributed by atoms with E-state index in [4.69, 9.17) is 4.74 Å². The first-order chi connectivity index (χ1) is 13.6. The molecule has 7 heteroatoms. The van der Waals surface area contributed by atoms with Crippen LogP contribution in [0.15, 0.2) is 24.3 Å². The SMILES string of the molecule is O=C(CN1CCOCC1)N1CCCC2(CCCN(c3ccc(F)cc3)C2=O)C1. The van der Waals surface area contributed by atoms with Gasteiger partial charge in [0.05, 0.1) is 25.2 Å². The quantitative estimate of drug-likeness (QED) is 0.792. The van der Waals surface area contributed by atoms with Gasteiger partial charge in [-0.1, -0.05) is 0 Å². The maximum absolute atomic E-state index is 13.4. The van der Waals surface area contributed by atoms with Crippen molar-refractivity contribution in [3.8, 4) is 0 Å². The molecule has 0 aromatic heterocycles. The van der Waals surface area contributed by atoms with Gasteiger partial charge in [0.1, 0.15) is 5.82 Å². The number of morpholine rings is 1. The fourth-order valence-electron chi connectivity index (χ4n) is 4.71. The Bertz CT molecular complexity index is 716. The number of carbonyl (C=O) groups excluding carboxylic acids is 2. The van der Waals surface area contributed by atoms with Gasteiger partial charge in [-0.3, -0.25) is 14.5 Å². The Hall–Kier alpha value is -1.99. The molecule has 1 aromatic rings. The van der Waals surface area contributed by atoms with E-state index in [1.807, 2.05) is 4.90 Å². The summed E-state index contributed by atoms with van der Waals surface area (Å²) in [6.45, 7) is 5.15. The summed E-state index contributed by atoms with van der Waals surface area (Å²) < 4.78 is 18.6. The Morgan fingerprint density at radius 1 is 1.04 bits per heavy atom. The van der Waals surface area contributed by atoms with Crippen molar-refractivity contribution in [2.75, 3.05) is 57.4 Å². The van der Waals surface area contributed by atoms with Gasteiger partial charge in [-0.05, 0) is 49.9 Å². The summed E-state index contributed by atoms with van der Waals surface area (Å²) in [6, 6.07) is 6.11. The molecule has 0 saturated carbocycles. The van der Waals surface area contributed by atoms with Crippen LogP contribution in [-0.2, 0) is 14.3 Å². The van der Waals surface area contributed by atoms with Crippen LogP contribution < -0.4 is 4.90 Å². The Morgan fingerprint density at radius 3 is 2.43 bits per heavy atom. The van der Waals surface area contributed by atoms with Crippen LogP contribution in [0.1, 0.15) is 25.7 Å². The zero-order valence-corrected chi connectivity index (χ0v) is 16.2. The van der Waals surface area contributed by atoms with Crippen molar-refractivity contribution in [2.45, 2.75) is 25.7 Å². The van der Waals surface area contributed by atoms with Crippen molar-refractivity contribution >= 4 is 17.5 Å². The third kappa shape index (κ3) is 3.91. The number of ether oxygens (including phenoxy) is 1. The lowest BCUT2D eigenvalue weighted by atomic mass is 9.72. The van der Waals surface area contributed by atoms with Gasteiger partial charge in [-0.25, -0.2) is 4.39 Å². The molecule has 2 amide bonds. The summed E-state index contributed by atoms with van der Waals surface area (Å²) >= 11 is 0. The number of amides is 2. The molecule has 3 aliphatic heterocycles. The second kappa shape index (κ2) is 8.17. The molecular formula is C21H28FN3O3. The number of carbonyl (C=O) groups is 2. The molecule has 4 rings (SSSR count). The van der Waals surface area contributed by atoms with E-state index >= 15 is 0 Å². The Morgan fingerprint density at radius 2 is 1.71 bits per heavy atom. The molecule has 0 radical (unpaired) electrons. The van der Waals surface area contributed by atoms with E-state index in [0.717, 1.165) is 51.0 Å². The molecule has 1 atom stereocenters. The summed E-state index contributed by atoms with van der Waals surface area (Å²) in [5.41, 5.74) is 0.230. The average molecular weight is 389 g/mol. The third-order valence-corrected chi connectivity index (χ3v) is 6.27. The van der Waals surface area contributed by atoms with Crippen LogP contribution in [0.3, 0.4) is 0 Å². The van der Waals surface area contributed by atoms with E-state index in [0.29, 0.717) is 32.8 Å². The number of benzene rings is 1. The third-order valence-electron chi connectivity index (χ3n) is 6.27.